The molecule has 0 spiro atoms. The van der Waals surface area contributed by atoms with Crippen molar-refractivity contribution in [1.82, 2.24) is 15.1 Å². The van der Waals surface area contributed by atoms with E-state index < -0.39 is 0 Å². The van der Waals surface area contributed by atoms with Crippen LogP contribution in [0.3, 0.4) is 0 Å². The minimum atomic E-state index is 0.164. The lowest BCUT2D eigenvalue weighted by Crippen LogP contribution is -2.52. The predicted molar refractivity (Wildman–Crippen MR) is 105 cm³/mol. The number of para-hydroxylation sites is 2. The van der Waals surface area contributed by atoms with Gasteiger partial charge in [0.05, 0.1) is 11.6 Å². The molecular weight excluding hydrogens is 328 g/mol. The zero-order chi connectivity index (χ0) is 18.4. The summed E-state index contributed by atoms with van der Waals surface area (Å²) in [6.07, 6.45) is 2.13. The fraction of sp³-hybridized carbons (Fsp3) is 0.650. The molecule has 2 aliphatic rings. The molecule has 1 unspecified atom stereocenters. The number of piperidine rings is 1. The SMILES string of the molecule is CN(C)CCOc1ccccc1N1CCN(C(=O)C2CCCNC2)CC1. The molecule has 1 atom stereocenters. The Balaban J connectivity index is 1.55. The van der Waals surface area contributed by atoms with Gasteiger partial charge < -0.3 is 24.8 Å². The number of rotatable bonds is 6. The van der Waals surface area contributed by atoms with Crippen LogP contribution in [0.25, 0.3) is 0 Å². The lowest BCUT2D eigenvalue weighted by molar-refractivity contribution is -0.136. The van der Waals surface area contributed by atoms with E-state index in [1.807, 2.05) is 31.1 Å². The Hall–Kier alpha value is -1.79. The zero-order valence-electron chi connectivity index (χ0n) is 16.1. The summed E-state index contributed by atoms with van der Waals surface area (Å²) in [6, 6.07) is 8.23. The van der Waals surface area contributed by atoms with Crippen LogP contribution >= 0.6 is 0 Å². The highest BCUT2D eigenvalue weighted by Crippen LogP contribution is 2.29. The molecule has 0 saturated carbocycles. The summed E-state index contributed by atoms with van der Waals surface area (Å²) in [4.78, 5) is 19.2. The highest BCUT2D eigenvalue weighted by Gasteiger charge is 2.29. The highest BCUT2D eigenvalue weighted by atomic mass is 16.5. The number of carbonyl (C=O) groups excluding carboxylic acids is 1. The fourth-order valence-electron chi connectivity index (χ4n) is 3.67. The number of amides is 1. The van der Waals surface area contributed by atoms with Crippen LogP contribution in [0.15, 0.2) is 24.3 Å². The quantitative estimate of drug-likeness (QED) is 0.828. The van der Waals surface area contributed by atoms with Crippen molar-refractivity contribution in [3.05, 3.63) is 24.3 Å². The van der Waals surface area contributed by atoms with Crippen LogP contribution in [-0.4, -0.2) is 82.2 Å². The summed E-state index contributed by atoms with van der Waals surface area (Å²) in [5.41, 5.74) is 1.14. The maximum Gasteiger partial charge on any atom is 0.227 e. The number of carbonyl (C=O) groups is 1. The molecule has 1 amide bonds. The molecule has 2 heterocycles. The second kappa shape index (κ2) is 9.24. The number of hydrogen-bond acceptors (Lipinski definition) is 5. The third-order valence-corrected chi connectivity index (χ3v) is 5.24. The first-order valence-electron chi connectivity index (χ1n) is 9.76. The average molecular weight is 361 g/mol. The molecule has 0 aliphatic carbocycles. The number of benzene rings is 1. The van der Waals surface area contributed by atoms with E-state index in [9.17, 15) is 4.79 Å². The molecule has 26 heavy (non-hydrogen) atoms. The monoisotopic (exact) mass is 360 g/mol. The molecule has 6 nitrogen and oxygen atoms in total. The van der Waals surface area contributed by atoms with Crippen LogP contribution in [-0.2, 0) is 4.79 Å². The Morgan fingerprint density at radius 3 is 2.69 bits per heavy atom. The molecule has 0 aromatic heterocycles. The van der Waals surface area contributed by atoms with E-state index in [1.165, 1.54) is 0 Å². The summed E-state index contributed by atoms with van der Waals surface area (Å²) in [5.74, 6) is 1.43. The third-order valence-electron chi connectivity index (χ3n) is 5.24. The number of anilines is 1. The molecule has 2 saturated heterocycles. The Morgan fingerprint density at radius 1 is 1.23 bits per heavy atom. The van der Waals surface area contributed by atoms with E-state index in [-0.39, 0.29) is 5.92 Å². The van der Waals surface area contributed by atoms with Gasteiger partial charge >= 0.3 is 0 Å². The van der Waals surface area contributed by atoms with Gasteiger partial charge in [-0.1, -0.05) is 12.1 Å². The molecule has 0 radical (unpaired) electrons. The Kier molecular flexibility index (Phi) is 6.74. The minimum absolute atomic E-state index is 0.164. The standard InChI is InChI=1S/C20H32N4O2/c1-22(2)14-15-26-19-8-4-3-7-18(19)23-10-12-24(13-11-23)20(25)17-6-5-9-21-16-17/h3-4,7-8,17,21H,5-6,9-16H2,1-2H3. The van der Waals surface area contributed by atoms with Crippen LogP contribution in [0.1, 0.15) is 12.8 Å². The Bertz CT molecular complexity index is 579. The van der Waals surface area contributed by atoms with E-state index in [0.29, 0.717) is 12.5 Å². The topological polar surface area (TPSA) is 48.1 Å². The maximum absolute atomic E-state index is 12.7. The largest absolute Gasteiger partial charge is 0.490 e. The van der Waals surface area contributed by atoms with Gasteiger partial charge in [-0.15, -0.1) is 0 Å². The predicted octanol–water partition coefficient (Wildman–Crippen LogP) is 1.28. The fourth-order valence-corrected chi connectivity index (χ4v) is 3.67. The van der Waals surface area contributed by atoms with Gasteiger partial charge in [-0.25, -0.2) is 0 Å². The van der Waals surface area contributed by atoms with Crippen LogP contribution < -0.4 is 15.0 Å². The first-order chi connectivity index (χ1) is 12.6. The molecule has 3 rings (SSSR count). The molecule has 1 aromatic rings. The van der Waals surface area contributed by atoms with Gasteiger partial charge in [-0.05, 0) is 45.6 Å². The summed E-state index contributed by atoms with van der Waals surface area (Å²) in [5, 5.41) is 3.35. The van der Waals surface area contributed by atoms with Gasteiger partial charge in [-0.2, -0.15) is 0 Å². The molecule has 0 bridgehead atoms. The van der Waals surface area contributed by atoms with E-state index >= 15 is 0 Å². The van der Waals surface area contributed by atoms with Crippen LogP contribution in [0.2, 0.25) is 0 Å². The van der Waals surface area contributed by atoms with Crippen molar-refractivity contribution in [3.63, 3.8) is 0 Å². The molecule has 1 N–H and O–H groups in total. The van der Waals surface area contributed by atoms with Crippen molar-refractivity contribution in [3.8, 4) is 5.75 Å². The number of nitrogens with one attached hydrogen (secondary N) is 1. The van der Waals surface area contributed by atoms with E-state index in [2.05, 4.69) is 27.2 Å². The smallest absolute Gasteiger partial charge is 0.227 e. The maximum atomic E-state index is 12.7. The lowest BCUT2D eigenvalue weighted by atomic mass is 9.98. The van der Waals surface area contributed by atoms with Crippen molar-refractivity contribution in [2.45, 2.75) is 12.8 Å². The molecule has 2 aliphatic heterocycles. The number of likely N-dealkylation sites (N-methyl/N-ethyl adjacent to an activating group) is 1. The Labute approximate surface area is 157 Å². The van der Waals surface area contributed by atoms with Crippen molar-refractivity contribution >= 4 is 11.6 Å². The second-order valence-corrected chi connectivity index (χ2v) is 7.48. The number of hydrogen-bond donors (Lipinski definition) is 1. The van der Waals surface area contributed by atoms with Crippen LogP contribution in [0.4, 0.5) is 5.69 Å². The van der Waals surface area contributed by atoms with Crippen LogP contribution in [0, 0.1) is 5.92 Å². The summed E-state index contributed by atoms with van der Waals surface area (Å²) >= 11 is 0. The van der Waals surface area contributed by atoms with Gasteiger partial charge in [0.25, 0.3) is 0 Å². The molecule has 1 aromatic carbocycles. The average Bonchev–Trinajstić information content (AvgIpc) is 2.68. The molecule has 144 valence electrons. The summed E-state index contributed by atoms with van der Waals surface area (Å²) in [6.45, 7) is 6.76. The van der Waals surface area contributed by atoms with Crippen LogP contribution in [0.5, 0.6) is 5.75 Å². The highest BCUT2D eigenvalue weighted by molar-refractivity contribution is 5.79. The van der Waals surface area contributed by atoms with Gasteiger partial charge in [0.1, 0.15) is 12.4 Å². The molecule has 6 heteroatoms. The third kappa shape index (κ3) is 4.89. The van der Waals surface area contributed by atoms with Crippen molar-refractivity contribution in [2.24, 2.45) is 5.92 Å². The zero-order valence-corrected chi connectivity index (χ0v) is 16.1. The van der Waals surface area contributed by atoms with Gasteiger partial charge in [0.15, 0.2) is 0 Å². The lowest BCUT2D eigenvalue weighted by Gasteiger charge is -2.38. The molecular formula is C20H32N4O2. The van der Waals surface area contributed by atoms with E-state index in [1.54, 1.807) is 0 Å². The molecule has 2 fully saturated rings. The van der Waals surface area contributed by atoms with Crippen molar-refractivity contribution < 1.29 is 9.53 Å². The number of nitrogens with zero attached hydrogens (tertiary/aromatic N) is 3. The number of piperazine rings is 1. The van der Waals surface area contributed by atoms with Crippen molar-refractivity contribution in [2.75, 3.05) is 71.4 Å². The van der Waals surface area contributed by atoms with E-state index in [0.717, 1.165) is 70.1 Å². The first kappa shape index (κ1) is 19.0. The Morgan fingerprint density at radius 2 is 2.00 bits per heavy atom. The minimum Gasteiger partial charge on any atom is -0.490 e. The van der Waals surface area contributed by atoms with Gasteiger partial charge in [-0.3, -0.25) is 4.79 Å². The van der Waals surface area contributed by atoms with Gasteiger partial charge in [0.2, 0.25) is 5.91 Å². The summed E-state index contributed by atoms with van der Waals surface area (Å²) < 4.78 is 6.00. The number of ether oxygens (including phenoxy) is 1. The van der Waals surface area contributed by atoms with Gasteiger partial charge in [0, 0.05) is 39.3 Å². The van der Waals surface area contributed by atoms with Crippen molar-refractivity contribution in [1.29, 1.82) is 0 Å². The summed E-state index contributed by atoms with van der Waals surface area (Å²) in [7, 11) is 4.10. The second-order valence-electron chi connectivity index (χ2n) is 7.48. The van der Waals surface area contributed by atoms with E-state index in [4.69, 9.17) is 4.74 Å². The normalized spacial score (nSPS) is 21.1. The first-order valence-corrected chi connectivity index (χ1v) is 9.76.